The van der Waals surface area contributed by atoms with Gasteiger partial charge >= 0.3 is 0 Å². The molecule has 98 valence electrons. The number of carbonyl (C=O) groups is 1. The first-order valence-corrected chi connectivity index (χ1v) is 6.52. The highest BCUT2D eigenvalue weighted by atomic mass is 16.2. The molecule has 0 bridgehead atoms. The lowest BCUT2D eigenvalue weighted by atomic mass is 10.2. The van der Waals surface area contributed by atoms with Crippen LogP contribution in [0.2, 0.25) is 0 Å². The second-order valence-electron chi connectivity index (χ2n) is 5.06. The molecule has 1 fully saturated rings. The number of hydrogen-bond donors (Lipinski definition) is 1. The van der Waals surface area contributed by atoms with Gasteiger partial charge in [0.2, 0.25) is 0 Å². The van der Waals surface area contributed by atoms with Crippen LogP contribution >= 0.6 is 0 Å². The van der Waals surface area contributed by atoms with Crippen molar-refractivity contribution < 1.29 is 4.79 Å². The van der Waals surface area contributed by atoms with Gasteiger partial charge < -0.3 is 10.2 Å². The van der Waals surface area contributed by atoms with Crippen LogP contribution < -0.4 is 5.32 Å². The number of carbonyl (C=O) groups excluding carboxylic acids is 1. The lowest BCUT2D eigenvalue weighted by Gasteiger charge is -2.15. The number of rotatable bonds is 4. The van der Waals surface area contributed by atoms with Gasteiger partial charge in [-0.25, -0.2) is 9.97 Å². The van der Waals surface area contributed by atoms with Crippen molar-refractivity contribution in [2.24, 2.45) is 5.92 Å². The lowest BCUT2D eigenvalue weighted by Crippen LogP contribution is -2.28. The summed E-state index contributed by atoms with van der Waals surface area (Å²) in [5.74, 6) is 1.28. The fraction of sp³-hybridized carbons (Fsp3) is 0.615. The van der Waals surface area contributed by atoms with E-state index in [4.69, 9.17) is 0 Å². The van der Waals surface area contributed by atoms with Gasteiger partial charge in [0, 0.05) is 25.7 Å². The van der Waals surface area contributed by atoms with Gasteiger partial charge in [0.05, 0.1) is 0 Å². The zero-order chi connectivity index (χ0) is 13.0. The molecule has 1 aromatic rings. The van der Waals surface area contributed by atoms with Crippen LogP contribution in [0, 0.1) is 5.92 Å². The third kappa shape index (κ3) is 3.18. The molecule has 1 saturated heterocycles. The van der Waals surface area contributed by atoms with Crippen molar-refractivity contribution in [3.05, 3.63) is 18.1 Å². The van der Waals surface area contributed by atoms with Gasteiger partial charge in [0.15, 0.2) is 0 Å². The molecule has 0 unspecified atom stereocenters. The topological polar surface area (TPSA) is 58.1 Å². The SMILES string of the molecule is CC(C)CNc1cc(C(=O)N2CCCC2)ncn1. The van der Waals surface area contributed by atoms with E-state index in [1.54, 1.807) is 6.07 Å². The van der Waals surface area contributed by atoms with Crippen LogP contribution in [0.5, 0.6) is 0 Å². The van der Waals surface area contributed by atoms with Crippen molar-refractivity contribution in [3.8, 4) is 0 Å². The highest BCUT2D eigenvalue weighted by Crippen LogP contribution is 2.13. The quantitative estimate of drug-likeness (QED) is 0.882. The van der Waals surface area contributed by atoms with E-state index in [1.807, 2.05) is 4.90 Å². The van der Waals surface area contributed by atoms with E-state index in [-0.39, 0.29) is 5.91 Å². The standard InChI is InChI=1S/C13H20N4O/c1-10(2)8-14-12-7-11(15-9-16-12)13(18)17-5-3-4-6-17/h7,9-10H,3-6,8H2,1-2H3,(H,14,15,16). The molecule has 0 aliphatic carbocycles. The predicted octanol–water partition coefficient (Wildman–Crippen LogP) is 1.78. The molecule has 1 N–H and O–H groups in total. The Morgan fingerprint density at radius 2 is 2.11 bits per heavy atom. The Balaban J connectivity index is 2.04. The Hall–Kier alpha value is -1.65. The maximum Gasteiger partial charge on any atom is 0.272 e. The largest absolute Gasteiger partial charge is 0.370 e. The molecule has 0 aromatic carbocycles. The van der Waals surface area contributed by atoms with Crippen molar-refractivity contribution in [3.63, 3.8) is 0 Å². The van der Waals surface area contributed by atoms with E-state index in [0.29, 0.717) is 11.6 Å². The van der Waals surface area contributed by atoms with Crippen LogP contribution in [0.4, 0.5) is 5.82 Å². The highest BCUT2D eigenvalue weighted by Gasteiger charge is 2.20. The number of nitrogens with zero attached hydrogens (tertiary/aromatic N) is 3. The van der Waals surface area contributed by atoms with Gasteiger partial charge in [-0.15, -0.1) is 0 Å². The minimum Gasteiger partial charge on any atom is -0.370 e. The molecule has 5 nitrogen and oxygen atoms in total. The normalized spacial score (nSPS) is 15.2. The summed E-state index contributed by atoms with van der Waals surface area (Å²) in [6.45, 7) is 6.79. The first-order chi connectivity index (χ1) is 8.66. The smallest absolute Gasteiger partial charge is 0.272 e. The van der Waals surface area contributed by atoms with Crippen LogP contribution in [0.1, 0.15) is 37.2 Å². The average Bonchev–Trinajstić information content (AvgIpc) is 2.89. The fourth-order valence-corrected chi connectivity index (χ4v) is 1.96. The van der Waals surface area contributed by atoms with Crippen molar-refractivity contribution >= 4 is 11.7 Å². The molecule has 2 rings (SSSR count). The zero-order valence-corrected chi connectivity index (χ0v) is 11.0. The highest BCUT2D eigenvalue weighted by molar-refractivity contribution is 5.93. The maximum absolute atomic E-state index is 12.1. The maximum atomic E-state index is 12.1. The van der Waals surface area contributed by atoms with E-state index >= 15 is 0 Å². The number of nitrogens with one attached hydrogen (secondary N) is 1. The van der Waals surface area contributed by atoms with Gasteiger partial charge in [-0.2, -0.15) is 0 Å². The van der Waals surface area contributed by atoms with E-state index in [0.717, 1.165) is 38.3 Å². The second kappa shape index (κ2) is 5.80. The van der Waals surface area contributed by atoms with Gasteiger partial charge in [-0.1, -0.05) is 13.8 Å². The molecule has 18 heavy (non-hydrogen) atoms. The third-order valence-corrected chi connectivity index (χ3v) is 2.97. The number of likely N-dealkylation sites (tertiary alicyclic amines) is 1. The van der Waals surface area contributed by atoms with Crippen molar-refractivity contribution in [1.82, 2.24) is 14.9 Å². The number of anilines is 1. The summed E-state index contributed by atoms with van der Waals surface area (Å²) in [4.78, 5) is 22.2. The molecule has 0 atom stereocenters. The summed E-state index contributed by atoms with van der Waals surface area (Å²) in [5, 5.41) is 3.21. The first-order valence-electron chi connectivity index (χ1n) is 6.52. The van der Waals surface area contributed by atoms with Gasteiger partial charge in [-0.05, 0) is 18.8 Å². The average molecular weight is 248 g/mol. The van der Waals surface area contributed by atoms with E-state index in [1.165, 1.54) is 6.33 Å². The van der Waals surface area contributed by atoms with Gasteiger partial charge in [-0.3, -0.25) is 4.79 Å². The van der Waals surface area contributed by atoms with Crippen molar-refractivity contribution in [2.45, 2.75) is 26.7 Å². The number of aromatic nitrogens is 2. The predicted molar refractivity (Wildman–Crippen MR) is 70.5 cm³/mol. The van der Waals surface area contributed by atoms with Crippen LogP contribution in [-0.4, -0.2) is 40.4 Å². The Kier molecular flexibility index (Phi) is 4.12. The van der Waals surface area contributed by atoms with Crippen LogP contribution in [0.15, 0.2) is 12.4 Å². The molecule has 1 aliphatic rings. The molecule has 2 heterocycles. The van der Waals surface area contributed by atoms with Crippen LogP contribution in [0.3, 0.4) is 0 Å². The monoisotopic (exact) mass is 248 g/mol. The Bertz CT molecular complexity index is 413. The Labute approximate surface area is 108 Å². The molecule has 0 radical (unpaired) electrons. The molecule has 0 saturated carbocycles. The van der Waals surface area contributed by atoms with Gasteiger partial charge in [0.1, 0.15) is 17.8 Å². The van der Waals surface area contributed by atoms with Crippen molar-refractivity contribution in [2.75, 3.05) is 25.0 Å². The number of amides is 1. The molecule has 1 aliphatic heterocycles. The lowest BCUT2D eigenvalue weighted by molar-refractivity contribution is 0.0787. The molecule has 1 amide bonds. The third-order valence-electron chi connectivity index (χ3n) is 2.97. The first kappa shape index (κ1) is 12.8. The van der Waals surface area contributed by atoms with E-state index in [9.17, 15) is 4.79 Å². The Morgan fingerprint density at radius 3 is 2.78 bits per heavy atom. The van der Waals surface area contributed by atoms with Crippen LogP contribution in [0.25, 0.3) is 0 Å². The van der Waals surface area contributed by atoms with E-state index < -0.39 is 0 Å². The summed E-state index contributed by atoms with van der Waals surface area (Å²) >= 11 is 0. The summed E-state index contributed by atoms with van der Waals surface area (Å²) in [6, 6.07) is 1.74. The van der Waals surface area contributed by atoms with Crippen molar-refractivity contribution in [1.29, 1.82) is 0 Å². The number of hydrogen-bond acceptors (Lipinski definition) is 4. The minimum absolute atomic E-state index is 0.0162. The summed E-state index contributed by atoms with van der Waals surface area (Å²) < 4.78 is 0. The molecule has 5 heteroatoms. The minimum atomic E-state index is 0.0162. The second-order valence-corrected chi connectivity index (χ2v) is 5.06. The zero-order valence-electron chi connectivity index (χ0n) is 11.0. The Morgan fingerprint density at radius 1 is 1.39 bits per heavy atom. The van der Waals surface area contributed by atoms with Gasteiger partial charge in [0.25, 0.3) is 5.91 Å². The summed E-state index contributed by atoms with van der Waals surface area (Å²) in [5.41, 5.74) is 0.484. The van der Waals surface area contributed by atoms with Crippen LogP contribution in [-0.2, 0) is 0 Å². The summed E-state index contributed by atoms with van der Waals surface area (Å²) in [7, 11) is 0. The molecular weight excluding hydrogens is 228 g/mol. The summed E-state index contributed by atoms with van der Waals surface area (Å²) in [6.07, 6.45) is 3.64. The molecular formula is C13H20N4O. The fourth-order valence-electron chi connectivity index (χ4n) is 1.96. The van der Waals surface area contributed by atoms with E-state index in [2.05, 4.69) is 29.1 Å². The molecule has 1 aromatic heterocycles. The molecule has 0 spiro atoms.